The lowest BCUT2D eigenvalue weighted by Gasteiger charge is -2.37. The van der Waals surface area contributed by atoms with E-state index >= 15 is 0 Å². The second-order valence-electron chi connectivity index (χ2n) is 12.7. The van der Waals surface area contributed by atoms with Crippen LogP contribution in [0.1, 0.15) is 34.1 Å². The molecule has 2 nitrogen and oxygen atoms in total. The van der Waals surface area contributed by atoms with Gasteiger partial charge in [-0.3, -0.25) is 0 Å². The first-order chi connectivity index (χ1) is 18.8. The summed E-state index contributed by atoms with van der Waals surface area (Å²) in [7, 11) is -0.301. The number of hydrogen-bond acceptors (Lipinski definition) is 2. The molecule has 7 rings (SSSR count). The molecule has 0 radical (unpaired) electrons. The molecular formula is C36H37BO2. The van der Waals surface area contributed by atoms with Crippen LogP contribution in [0.15, 0.2) is 120 Å². The maximum absolute atomic E-state index is 6.47. The maximum Gasteiger partial charge on any atom is 0.490 e. The van der Waals surface area contributed by atoms with Gasteiger partial charge in [0, 0.05) is 29.6 Å². The van der Waals surface area contributed by atoms with Crippen LogP contribution in [0, 0.1) is 29.6 Å². The molecule has 1 heterocycles. The van der Waals surface area contributed by atoms with Gasteiger partial charge in [0.1, 0.15) is 0 Å². The van der Waals surface area contributed by atoms with Crippen LogP contribution in [0.3, 0.4) is 0 Å². The number of benzene rings is 1. The van der Waals surface area contributed by atoms with Gasteiger partial charge in [0.05, 0.1) is 11.2 Å². The molecule has 0 bridgehead atoms. The molecule has 1 aromatic rings. The fraction of sp³-hybridized carbons (Fsp3) is 0.333. The van der Waals surface area contributed by atoms with Crippen LogP contribution in [0.5, 0.6) is 0 Å². The molecule has 3 heteroatoms. The second kappa shape index (κ2) is 9.22. The Hall–Kier alpha value is -3.14. The average Bonchev–Trinajstić information content (AvgIpc) is 3.17. The van der Waals surface area contributed by atoms with E-state index in [1.54, 1.807) is 0 Å². The minimum absolute atomic E-state index is 0.294. The van der Waals surface area contributed by atoms with Crippen LogP contribution in [-0.2, 0) is 9.31 Å². The van der Waals surface area contributed by atoms with Gasteiger partial charge in [-0.15, -0.1) is 0 Å². The van der Waals surface area contributed by atoms with Gasteiger partial charge in [0.25, 0.3) is 0 Å². The fourth-order valence-corrected chi connectivity index (χ4v) is 7.05. The molecule has 5 aliphatic carbocycles. The number of hydrogen-bond donors (Lipinski definition) is 0. The summed E-state index contributed by atoms with van der Waals surface area (Å²) >= 11 is 0. The normalized spacial score (nSPS) is 33.0. The largest absolute Gasteiger partial charge is 0.490 e. The van der Waals surface area contributed by atoms with E-state index in [2.05, 4.69) is 137 Å². The van der Waals surface area contributed by atoms with Crippen LogP contribution in [0.25, 0.3) is 11.1 Å². The lowest BCUT2D eigenvalue weighted by atomic mass is 9.64. The highest BCUT2D eigenvalue weighted by molar-refractivity contribution is 6.54. The Bertz CT molecular complexity index is 1560. The summed E-state index contributed by atoms with van der Waals surface area (Å²) in [6.07, 6.45) is 33.3. The molecule has 1 saturated heterocycles. The topological polar surface area (TPSA) is 18.5 Å². The first-order valence-corrected chi connectivity index (χ1v) is 14.5. The number of allylic oxidation sites excluding steroid dienone is 16. The molecule has 0 amide bonds. The molecule has 1 aromatic carbocycles. The van der Waals surface area contributed by atoms with E-state index in [1.807, 2.05) is 0 Å². The zero-order chi connectivity index (χ0) is 26.8. The molecule has 6 aliphatic rings. The molecule has 1 fully saturated rings. The summed E-state index contributed by atoms with van der Waals surface area (Å²) in [6, 6.07) is 9.08. The molecule has 5 unspecified atom stereocenters. The third kappa shape index (κ3) is 4.10. The van der Waals surface area contributed by atoms with Gasteiger partial charge in [0.15, 0.2) is 0 Å². The van der Waals surface area contributed by atoms with Crippen molar-refractivity contribution in [3.63, 3.8) is 0 Å². The Morgan fingerprint density at radius 1 is 0.718 bits per heavy atom. The quantitative estimate of drug-likeness (QED) is 0.440. The van der Waals surface area contributed by atoms with E-state index in [4.69, 9.17) is 9.31 Å². The number of rotatable bonds is 3. The van der Waals surface area contributed by atoms with Gasteiger partial charge in [0.2, 0.25) is 0 Å². The summed E-state index contributed by atoms with van der Waals surface area (Å²) < 4.78 is 12.9. The van der Waals surface area contributed by atoms with Crippen molar-refractivity contribution in [1.29, 1.82) is 0 Å². The molecular weight excluding hydrogens is 475 g/mol. The first kappa shape index (κ1) is 24.9. The SMILES string of the molecule is CC1(C)OB(C2=CC=CC(C3=c4ccccc4=C(C4=CC5C=CC=CC5C=C4)C4C=CC=CC34)C2)OC1(C)C. The van der Waals surface area contributed by atoms with Crippen molar-refractivity contribution in [2.24, 2.45) is 29.6 Å². The van der Waals surface area contributed by atoms with Crippen LogP contribution in [0.4, 0.5) is 0 Å². The zero-order valence-electron chi connectivity index (χ0n) is 23.4. The van der Waals surface area contributed by atoms with Crippen LogP contribution >= 0.6 is 0 Å². The Balaban J connectivity index is 1.33. The fourth-order valence-electron chi connectivity index (χ4n) is 7.05. The smallest absolute Gasteiger partial charge is 0.400 e. The van der Waals surface area contributed by atoms with E-state index in [-0.39, 0.29) is 18.3 Å². The summed E-state index contributed by atoms with van der Waals surface area (Å²) in [5.41, 5.74) is 4.89. The second-order valence-corrected chi connectivity index (χ2v) is 12.7. The van der Waals surface area contributed by atoms with Crippen molar-refractivity contribution in [2.75, 3.05) is 0 Å². The lowest BCUT2D eigenvalue weighted by Crippen LogP contribution is -2.42. The molecule has 39 heavy (non-hydrogen) atoms. The van der Waals surface area contributed by atoms with Crippen molar-refractivity contribution < 1.29 is 9.31 Å². The van der Waals surface area contributed by atoms with E-state index < -0.39 is 0 Å². The van der Waals surface area contributed by atoms with Crippen molar-refractivity contribution in [3.05, 3.63) is 131 Å². The molecule has 0 aromatic heterocycles. The van der Waals surface area contributed by atoms with E-state index in [1.165, 1.54) is 32.6 Å². The summed E-state index contributed by atoms with van der Waals surface area (Å²) in [6.45, 7) is 8.53. The van der Waals surface area contributed by atoms with Crippen LogP contribution in [0.2, 0.25) is 0 Å². The molecule has 0 N–H and O–H groups in total. The van der Waals surface area contributed by atoms with Crippen molar-refractivity contribution in [2.45, 2.75) is 45.3 Å². The van der Waals surface area contributed by atoms with Crippen molar-refractivity contribution >= 4 is 18.3 Å². The highest BCUT2D eigenvalue weighted by Gasteiger charge is 2.52. The minimum atomic E-state index is -0.338. The van der Waals surface area contributed by atoms with E-state index in [0.717, 1.165) is 6.42 Å². The average molecular weight is 513 g/mol. The van der Waals surface area contributed by atoms with E-state index in [9.17, 15) is 0 Å². The van der Waals surface area contributed by atoms with E-state index in [0.29, 0.717) is 29.6 Å². The van der Waals surface area contributed by atoms with Crippen molar-refractivity contribution in [3.8, 4) is 0 Å². The number of fused-ring (bicyclic) bond motifs is 3. The van der Waals surface area contributed by atoms with Gasteiger partial charge in [-0.05, 0) is 66.7 Å². The van der Waals surface area contributed by atoms with Gasteiger partial charge in [-0.2, -0.15) is 0 Å². The Labute approximate surface area is 233 Å². The molecule has 0 saturated carbocycles. The third-order valence-electron chi connectivity index (χ3n) is 9.82. The summed E-state index contributed by atoms with van der Waals surface area (Å²) in [4.78, 5) is 0. The first-order valence-electron chi connectivity index (χ1n) is 14.5. The highest BCUT2D eigenvalue weighted by atomic mass is 16.7. The van der Waals surface area contributed by atoms with Gasteiger partial charge < -0.3 is 9.31 Å². The van der Waals surface area contributed by atoms with Gasteiger partial charge >= 0.3 is 7.12 Å². The standard InChI is InChI=1S/C36H37BO2/c1-35(2)36(3,4)39-37(38-35)28-15-11-14-26(23-28)33-29-16-7-9-18-31(29)34(32-19-10-8-17-30(32)33)27-21-20-24-12-5-6-13-25(24)22-27/h5-22,24-26,29,31H,23H2,1-4H3. The predicted molar refractivity (Wildman–Crippen MR) is 162 cm³/mol. The predicted octanol–water partition coefficient (Wildman–Crippen LogP) is 6.35. The Morgan fingerprint density at radius 3 is 2.15 bits per heavy atom. The molecule has 0 spiro atoms. The van der Waals surface area contributed by atoms with Gasteiger partial charge in [-0.1, -0.05) is 109 Å². The van der Waals surface area contributed by atoms with Gasteiger partial charge in [-0.25, -0.2) is 0 Å². The lowest BCUT2D eigenvalue weighted by molar-refractivity contribution is 0.00578. The van der Waals surface area contributed by atoms with Crippen molar-refractivity contribution in [1.82, 2.24) is 0 Å². The Morgan fingerprint density at radius 2 is 1.38 bits per heavy atom. The maximum atomic E-state index is 6.47. The highest BCUT2D eigenvalue weighted by Crippen LogP contribution is 2.46. The zero-order valence-corrected chi connectivity index (χ0v) is 23.4. The van der Waals surface area contributed by atoms with Crippen LogP contribution in [-0.4, -0.2) is 18.3 Å². The molecule has 196 valence electrons. The Kier molecular flexibility index (Phi) is 5.88. The monoisotopic (exact) mass is 512 g/mol. The third-order valence-corrected chi connectivity index (χ3v) is 9.82. The summed E-state index contributed by atoms with van der Waals surface area (Å²) in [5, 5.41) is 2.76. The molecule has 1 aliphatic heterocycles. The summed E-state index contributed by atoms with van der Waals surface area (Å²) in [5.74, 6) is 1.82. The molecule has 5 atom stereocenters. The van der Waals surface area contributed by atoms with Crippen LogP contribution < -0.4 is 10.4 Å². The minimum Gasteiger partial charge on any atom is -0.400 e.